The van der Waals surface area contributed by atoms with E-state index in [1.54, 1.807) is 61.7 Å². The predicted molar refractivity (Wildman–Crippen MR) is 137 cm³/mol. The summed E-state index contributed by atoms with van der Waals surface area (Å²) in [5, 5.41) is 6.27. The molecular formula is C27H27N3O6. The number of methoxy groups -OCH3 is 1. The highest BCUT2D eigenvalue weighted by Crippen LogP contribution is 2.33. The second kappa shape index (κ2) is 11.8. The number of carbonyl (C=O) groups is 2. The van der Waals surface area contributed by atoms with Crippen LogP contribution in [0.25, 0.3) is 11.0 Å². The Morgan fingerprint density at radius 3 is 2.39 bits per heavy atom. The Hall–Kier alpha value is -4.50. The lowest BCUT2D eigenvalue weighted by molar-refractivity contribution is 0.0910. The van der Waals surface area contributed by atoms with Crippen molar-refractivity contribution in [1.29, 1.82) is 0 Å². The number of anilines is 2. The molecule has 1 aromatic heterocycles. The maximum atomic E-state index is 12.7. The first-order chi connectivity index (χ1) is 17.6. The van der Waals surface area contributed by atoms with Crippen molar-refractivity contribution in [3.63, 3.8) is 0 Å². The maximum absolute atomic E-state index is 12.7. The van der Waals surface area contributed by atoms with E-state index in [1.807, 2.05) is 18.2 Å². The molecule has 36 heavy (non-hydrogen) atoms. The van der Waals surface area contributed by atoms with Crippen molar-refractivity contribution < 1.29 is 28.2 Å². The summed E-state index contributed by atoms with van der Waals surface area (Å²) in [6.45, 7) is 1.13. The van der Waals surface area contributed by atoms with E-state index in [0.29, 0.717) is 46.0 Å². The molecule has 2 amide bonds. The van der Waals surface area contributed by atoms with Crippen molar-refractivity contribution in [3.8, 4) is 11.5 Å². The molecule has 0 unspecified atom stereocenters. The van der Waals surface area contributed by atoms with Crippen LogP contribution in [0.4, 0.5) is 11.4 Å². The van der Waals surface area contributed by atoms with Crippen LogP contribution < -0.4 is 25.8 Å². The van der Waals surface area contributed by atoms with Gasteiger partial charge in [0.1, 0.15) is 24.5 Å². The minimum atomic E-state index is -0.408. The largest absolute Gasteiger partial charge is 0.492 e. The lowest BCUT2D eigenvalue weighted by Gasteiger charge is -2.10. The van der Waals surface area contributed by atoms with Crippen molar-refractivity contribution >= 4 is 34.2 Å². The number of hydrogen-bond donors (Lipinski definition) is 3. The first kappa shape index (κ1) is 24.6. The van der Waals surface area contributed by atoms with Gasteiger partial charge >= 0.3 is 0 Å². The summed E-state index contributed by atoms with van der Waals surface area (Å²) in [6, 6.07) is 21.0. The summed E-state index contributed by atoms with van der Waals surface area (Å²) < 4.78 is 22.2. The highest BCUT2D eigenvalue weighted by molar-refractivity contribution is 6.05. The molecule has 0 aliphatic heterocycles. The summed E-state index contributed by atoms with van der Waals surface area (Å²) in [5.74, 6) is 0.358. The number of benzene rings is 3. The fourth-order valence-electron chi connectivity index (χ4n) is 3.46. The summed E-state index contributed by atoms with van der Waals surface area (Å²) in [6.07, 6.45) is 0. The first-order valence-corrected chi connectivity index (χ1v) is 11.4. The molecule has 4 rings (SSSR count). The molecule has 3 aromatic carbocycles. The van der Waals surface area contributed by atoms with Crippen molar-refractivity contribution in [2.75, 3.05) is 44.5 Å². The van der Waals surface area contributed by atoms with Crippen LogP contribution in [0.1, 0.15) is 20.9 Å². The Balaban J connectivity index is 1.29. The fourth-order valence-corrected chi connectivity index (χ4v) is 3.46. The number of furan rings is 1. The molecule has 0 saturated heterocycles. The van der Waals surface area contributed by atoms with Crippen LogP contribution in [0.2, 0.25) is 0 Å². The lowest BCUT2D eigenvalue weighted by atomic mass is 10.2. The van der Waals surface area contributed by atoms with Crippen LogP contribution >= 0.6 is 0 Å². The first-order valence-electron chi connectivity index (χ1n) is 11.4. The third kappa shape index (κ3) is 5.94. The highest BCUT2D eigenvalue weighted by Gasteiger charge is 2.21. The monoisotopic (exact) mass is 489 g/mol. The minimum absolute atomic E-state index is 0.0988. The molecule has 0 spiro atoms. The second-order valence-electron chi connectivity index (χ2n) is 7.77. The van der Waals surface area contributed by atoms with E-state index in [4.69, 9.17) is 24.4 Å². The van der Waals surface area contributed by atoms with Crippen LogP contribution in [-0.2, 0) is 4.74 Å². The molecule has 186 valence electrons. The summed E-state index contributed by atoms with van der Waals surface area (Å²) >= 11 is 0. The molecule has 0 bridgehead atoms. The molecular weight excluding hydrogens is 462 g/mol. The van der Waals surface area contributed by atoms with Gasteiger partial charge < -0.3 is 35.0 Å². The molecule has 1 heterocycles. The van der Waals surface area contributed by atoms with Gasteiger partial charge in [-0.15, -0.1) is 0 Å². The summed E-state index contributed by atoms with van der Waals surface area (Å²) in [5.41, 5.74) is 7.93. The topological polar surface area (TPSA) is 125 Å². The van der Waals surface area contributed by atoms with Gasteiger partial charge in [0, 0.05) is 12.7 Å². The maximum Gasteiger partial charge on any atom is 0.291 e. The van der Waals surface area contributed by atoms with Gasteiger partial charge in [0.2, 0.25) is 5.76 Å². The van der Waals surface area contributed by atoms with E-state index in [0.717, 1.165) is 0 Å². The van der Waals surface area contributed by atoms with Crippen LogP contribution in [-0.4, -0.2) is 45.3 Å². The number of nitrogens with one attached hydrogen (secondary N) is 2. The Morgan fingerprint density at radius 2 is 1.61 bits per heavy atom. The van der Waals surface area contributed by atoms with Gasteiger partial charge in [0.05, 0.1) is 29.9 Å². The molecule has 0 aliphatic carbocycles. The third-order valence-corrected chi connectivity index (χ3v) is 5.27. The van der Waals surface area contributed by atoms with Gasteiger partial charge in [-0.2, -0.15) is 0 Å². The van der Waals surface area contributed by atoms with E-state index in [2.05, 4.69) is 10.6 Å². The van der Waals surface area contributed by atoms with Crippen molar-refractivity contribution in [3.05, 3.63) is 84.1 Å². The Kier molecular flexibility index (Phi) is 8.05. The standard InChI is InChI=1S/C27H27N3O6/c1-33-16-17-35-24-20-6-2-5-9-23(20)36-25(24)27(32)29-14-15-34-19-12-10-18(11-13-19)26(31)30-22-8-4-3-7-21(22)28/h2-13H,14-17,28H2,1H3,(H,29,32)(H,30,31). The third-order valence-electron chi connectivity index (χ3n) is 5.27. The van der Waals surface area contributed by atoms with E-state index in [9.17, 15) is 9.59 Å². The zero-order valence-corrected chi connectivity index (χ0v) is 19.8. The number of nitrogen functional groups attached to an aromatic ring is 1. The van der Waals surface area contributed by atoms with Gasteiger partial charge in [0.15, 0.2) is 5.75 Å². The molecule has 0 atom stereocenters. The molecule has 0 saturated carbocycles. The SMILES string of the molecule is COCCOc1c(C(=O)NCCOc2ccc(C(=O)Nc3ccccc3N)cc2)oc2ccccc12. The number of hydrogen-bond acceptors (Lipinski definition) is 7. The molecule has 4 aromatic rings. The average molecular weight is 490 g/mol. The van der Waals surface area contributed by atoms with Crippen molar-refractivity contribution in [2.45, 2.75) is 0 Å². The fraction of sp³-hybridized carbons (Fsp3) is 0.185. The number of rotatable bonds is 11. The van der Waals surface area contributed by atoms with Crippen molar-refractivity contribution in [2.24, 2.45) is 0 Å². The average Bonchev–Trinajstić information content (AvgIpc) is 3.27. The van der Waals surface area contributed by atoms with Crippen LogP contribution in [0, 0.1) is 0 Å². The number of para-hydroxylation sites is 3. The Bertz CT molecular complexity index is 1330. The van der Waals surface area contributed by atoms with Gasteiger partial charge in [-0.3, -0.25) is 9.59 Å². The Labute approximate surface area is 208 Å². The van der Waals surface area contributed by atoms with Crippen LogP contribution in [0.3, 0.4) is 0 Å². The number of amides is 2. The minimum Gasteiger partial charge on any atom is -0.492 e. The quantitative estimate of drug-likeness (QED) is 0.214. The smallest absolute Gasteiger partial charge is 0.291 e. The Morgan fingerprint density at radius 1 is 0.861 bits per heavy atom. The molecule has 4 N–H and O–H groups in total. The van der Waals surface area contributed by atoms with Gasteiger partial charge in [-0.1, -0.05) is 24.3 Å². The molecule has 0 radical (unpaired) electrons. The van der Waals surface area contributed by atoms with E-state index in [-0.39, 0.29) is 31.4 Å². The molecule has 0 fully saturated rings. The van der Waals surface area contributed by atoms with Crippen molar-refractivity contribution in [1.82, 2.24) is 5.32 Å². The lowest BCUT2D eigenvalue weighted by Crippen LogP contribution is -2.28. The van der Waals surface area contributed by atoms with Gasteiger partial charge in [-0.25, -0.2) is 0 Å². The molecule has 9 nitrogen and oxygen atoms in total. The number of fused-ring (bicyclic) bond motifs is 1. The van der Waals surface area contributed by atoms with Crippen LogP contribution in [0.15, 0.2) is 77.2 Å². The predicted octanol–water partition coefficient (Wildman–Crippen LogP) is 4.10. The molecule has 0 aliphatic rings. The van der Waals surface area contributed by atoms with Gasteiger partial charge in [0.25, 0.3) is 11.8 Å². The summed E-state index contributed by atoms with van der Waals surface area (Å²) in [7, 11) is 1.58. The zero-order valence-electron chi connectivity index (χ0n) is 19.8. The molecule has 9 heteroatoms. The number of ether oxygens (including phenoxy) is 3. The van der Waals surface area contributed by atoms with E-state index < -0.39 is 5.91 Å². The second-order valence-corrected chi connectivity index (χ2v) is 7.77. The highest BCUT2D eigenvalue weighted by atomic mass is 16.5. The van der Waals surface area contributed by atoms with E-state index in [1.165, 1.54) is 0 Å². The van der Waals surface area contributed by atoms with Gasteiger partial charge in [-0.05, 0) is 48.5 Å². The number of nitrogens with two attached hydrogens (primary N) is 1. The van der Waals surface area contributed by atoms with Crippen LogP contribution in [0.5, 0.6) is 11.5 Å². The van der Waals surface area contributed by atoms with E-state index >= 15 is 0 Å². The normalized spacial score (nSPS) is 10.7. The number of carbonyl (C=O) groups excluding carboxylic acids is 2. The summed E-state index contributed by atoms with van der Waals surface area (Å²) in [4.78, 5) is 25.2. The zero-order chi connectivity index (χ0) is 25.3.